The minimum atomic E-state index is 0.409. The molecule has 3 heteroatoms. The molecule has 3 rings (SSSR count). The second kappa shape index (κ2) is 5.05. The molecule has 0 spiro atoms. The minimum absolute atomic E-state index is 0.409. The number of aromatic amines is 1. The van der Waals surface area contributed by atoms with E-state index in [1.54, 1.807) is 6.08 Å². The molecule has 3 nitrogen and oxygen atoms in total. The summed E-state index contributed by atoms with van der Waals surface area (Å²) in [4.78, 5) is 3.19. The van der Waals surface area contributed by atoms with Gasteiger partial charge in [0.05, 0.1) is 11.2 Å². The van der Waals surface area contributed by atoms with Crippen molar-refractivity contribution >= 4 is 22.3 Å². The topological polar surface area (TPSA) is 65.7 Å². The molecule has 4 N–H and O–H groups in total. The Hall–Kier alpha value is -2.81. The third kappa shape index (κ3) is 2.21. The van der Waals surface area contributed by atoms with Gasteiger partial charge < -0.3 is 16.1 Å². The first-order valence-corrected chi connectivity index (χ1v) is 6.43. The molecule has 0 fully saturated rings. The van der Waals surface area contributed by atoms with Crippen LogP contribution >= 0.6 is 0 Å². The highest BCUT2D eigenvalue weighted by Crippen LogP contribution is 2.21. The first-order chi connectivity index (χ1) is 9.75. The van der Waals surface area contributed by atoms with Crippen LogP contribution in [0.1, 0.15) is 11.1 Å². The lowest BCUT2D eigenvalue weighted by atomic mass is 10.0. The number of hydrogen-bond acceptors (Lipinski definition) is 2. The van der Waals surface area contributed by atoms with E-state index in [-0.39, 0.29) is 0 Å². The van der Waals surface area contributed by atoms with Crippen molar-refractivity contribution < 1.29 is 0 Å². The summed E-state index contributed by atoms with van der Waals surface area (Å²) in [7, 11) is 0. The van der Waals surface area contributed by atoms with Crippen molar-refractivity contribution in [1.82, 2.24) is 4.98 Å². The number of hydrogen-bond donors (Lipinski definition) is 3. The Bertz CT molecular complexity index is 782. The van der Waals surface area contributed by atoms with E-state index in [9.17, 15) is 0 Å². The summed E-state index contributed by atoms with van der Waals surface area (Å²) in [5.74, 6) is 0. The summed E-state index contributed by atoms with van der Waals surface area (Å²) >= 11 is 0. The fraction of sp³-hybridized carbons (Fsp3) is 0. The lowest BCUT2D eigenvalue weighted by Gasteiger charge is -2.05. The van der Waals surface area contributed by atoms with Gasteiger partial charge in [0.15, 0.2) is 0 Å². The second-order valence-electron chi connectivity index (χ2n) is 4.63. The van der Waals surface area contributed by atoms with E-state index >= 15 is 0 Å². The van der Waals surface area contributed by atoms with Crippen LogP contribution in [0.5, 0.6) is 0 Å². The Morgan fingerprint density at radius 3 is 2.60 bits per heavy atom. The highest BCUT2D eigenvalue weighted by molar-refractivity contribution is 6.11. The maximum atomic E-state index is 8.11. The molecule has 3 aromatic rings. The van der Waals surface area contributed by atoms with E-state index < -0.39 is 0 Å². The predicted octanol–water partition coefficient (Wildman–Crippen LogP) is 3.54. The number of allylic oxidation sites excluding steroid dienone is 1. The van der Waals surface area contributed by atoms with Gasteiger partial charge in [-0.2, -0.15) is 0 Å². The van der Waals surface area contributed by atoms with E-state index in [1.807, 2.05) is 60.8 Å². The van der Waals surface area contributed by atoms with E-state index in [2.05, 4.69) is 4.98 Å². The van der Waals surface area contributed by atoms with Gasteiger partial charge in [-0.05, 0) is 17.7 Å². The lowest BCUT2D eigenvalue weighted by molar-refractivity contribution is 1.44. The number of aromatic nitrogens is 1. The molecule has 0 amide bonds. The molecular formula is C17H15N3. The Balaban J connectivity index is 2.00. The molecule has 1 aromatic heterocycles. The molecule has 1 heterocycles. The van der Waals surface area contributed by atoms with Gasteiger partial charge in [0, 0.05) is 22.8 Å². The summed E-state index contributed by atoms with van der Waals surface area (Å²) < 4.78 is 0. The Kier molecular flexibility index (Phi) is 3.09. The van der Waals surface area contributed by atoms with Gasteiger partial charge in [-0.15, -0.1) is 0 Å². The van der Waals surface area contributed by atoms with Gasteiger partial charge in [-0.1, -0.05) is 48.5 Å². The fourth-order valence-electron chi connectivity index (χ4n) is 2.26. The molecule has 0 aliphatic heterocycles. The third-order valence-corrected chi connectivity index (χ3v) is 3.28. The quantitative estimate of drug-likeness (QED) is 0.620. The molecule has 0 aliphatic rings. The van der Waals surface area contributed by atoms with Crippen molar-refractivity contribution in [2.24, 2.45) is 5.73 Å². The van der Waals surface area contributed by atoms with Gasteiger partial charge in [0.1, 0.15) is 0 Å². The summed E-state index contributed by atoms with van der Waals surface area (Å²) in [5, 5.41) is 9.23. The summed E-state index contributed by atoms with van der Waals surface area (Å²) in [6.45, 7) is 0. The number of para-hydroxylation sites is 1. The van der Waals surface area contributed by atoms with Crippen LogP contribution in [0.3, 0.4) is 0 Å². The van der Waals surface area contributed by atoms with Crippen LogP contribution in [0.2, 0.25) is 0 Å². The average Bonchev–Trinajstić information content (AvgIpc) is 2.96. The van der Waals surface area contributed by atoms with Crippen molar-refractivity contribution in [3.63, 3.8) is 0 Å². The highest BCUT2D eigenvalue weighted by Gasteiger charge is 2.05. The average molecular weight is 261 g/mol. The summed E-state index contributed by atoms with van der Waals surface area (Å²) in [5.41, 5.74) is 9.94. The first kappa shape index (κ1) is 12.2. The molecule has 20 heavy (non-hydrogen) atoms. The van der Waals surface area contributed by atoms with Gasteiger partial charge in [0.25, 0.3) is 0 Å². The highest BCUT2D eigenvalue weighted by atomic mass is 14.7. The monoisotopic (exact) mass is 261 g/mol. The summed E-state index contributed by atoms with van der Waals surface area (Å²) in [6.07, 6.45) is 3.59. The van der Waals surface area contributed by atoms with Crippen molar-refractivity contribution in [3.8, 4) is 0 Å². The van der Waals surface area contributed by atoms with Gasteiger partial charge in [-0.25, -0.2) is 0 Å². The van der Waals surface area contributed by atoms with Crippen molar-refractivity contribution in [2.75, 3.05) is 0 Å². The van der Waals surface area contributed by atoms with Gasteiger partial charge in [0.2, 0.25) is 0 Å². The van der Waals surface area contributed by atoms with Crippen LogP contribution < -0.4 is 5.73 Å². The molecule has 98 valence electrons. The first-order valence-electron chi connectivity index (χ1n) is 6.43. The minimum Gasteiger partial charge on any atom is -0.398 e. The van der Waals surface area contributed by atoms with Crippen molar-refractivity contribution in [1.29, 1.82) is 5.41 Å². The second-order valence-corrected chi connectivity index (χ2v) is 4.63. The standard InChI is InChI=1S/C17H15N3/c18-15(12-5-2-1-3-6-12)11-16(19)14-8-4-7-13-9-10-20-17(13)14/h1-11,18,20H,19H2/b16-11-,18-15?. The number of fused-ring (bicyclic) bond motifs is 1. The molecule has 0 bridgehead atoms. The number of nitrogens with two attached hydrogens (primary N) is 1. The molecule has 0 atom stereocenters. The third-order valence-electron chi connectivity index (χ3n) is 3.28. The van der Waals surface area contributed by atoms with E-state index in [1.165, 1.54) is 0 Å². The Morgan fingerprint density at radius 2 is 1.80 bits per heavy atom. The molecular weight excluding hydrogens is 246 g/mol. The Morgan fingerprint density at radius 1 is 1.00 bits per heavy atom. The maximum absolute atomic E-state index is 8.11. The van der Waals surface area contributed by atoms with Crippen LogP contribution in [0.15, 0.2) is 66.9 Å². The van der Waals surface area contributed by atoms with E-state index in [0.717, 1.165) is 22.0 Å². The molecule has 0 saturated heterocycles. The molecule has 0 saturated carbocycles. The zero-order valence-electron chi connectivity index (χ0n) is 10.9. The van der Waals surface area contributed by atoms with E-state index in [0.29, 0.717) is 11.4 Å². The van der Waals surface area contributed by atoms with Crippen LogP contribution in [-0.2, 0) is 0 Å². The molecule has 0 unspecified atom stereocenters. The fourth-order valence-corrected chi connectivity index (χ4v) is 2.26. The number of nitrogens with one attached hydrogen (secondary N) is 2. The van der Waals surface area contributed by atoms with Crippen molar-refractivity contribution in [2.45, 2.75) is 0 Å². The van der Waals surface area contributed by atoms with E-state index in [4.69, 9.17) is 11.1 Å². The molecule has 0 aliphatic carbocycles. The molecule has 0 radical (unpaired) electrons. The van der Waals surface area contributed by atoms with Crippen LogP contribution in [0, 0.1) is 5.41 Å². The van der Waals surface area contributed by atoms with Gasteiger partial charge in [-0.3, -0.25) is 0 Å². The normalized spacial score (nSPS) is 11.7. The maximum Gasteiger partial charge on any atom is 0.0632 e. The van der Waals surface area contributed by atoms with Crippen LogP contribution in [0.25, 0.3) is 16.6 Å². The number of rotatable bonds is 3. The largest absolute Gasteiger partial charge is 0.398 e. The SMILES string of the molecule is N=C(/C=C(\N)c1cccc2cc[nH]c12)c1ccccc1. The number of benzene rings is 2. The lowest BCUT2D eigenvalue weighted by Crippen LogP contribution is -2.02. The van der Waals surface area contributed by atoms with Crippen LogP contribution in [-0.4, -0.2) is 10.7 Å². The zero-order chi connectivity index (χ0) is 13.9. The smallest absolute Gasteiger partial charge is 0.0632 e. The number of H-pyrrole nitrogens is 1. The van der Waals surface area contributed by atoms with Crippen molar-refractivity contribution in [3.05, 3.63) is 78.0 Å². The predicted molar refractivity (Wildman–Crippen MR) is 83.7 cm³/mol. The Labute approximate surface area is 117 Å². The van der Waals surface area contributed by atoms with Gasteiger partial charge >= 0.3 is 0 Å². The summed E-state index contributed by atoms with van der Waals surface area (Å²) in [6, 6.07) is 17.5. The molecule has 2 aromatic carbocycles. The van der Waals surface area contributed by atoms with Crippen LogP contribution in [0.4, 0.5) is 0 Å². The zero-order valence-corrected chi connectivity index (χ0v) is 10.9.